The third kappa shape index (κ3) is 3.77. The van der Waals surface area contributed by atoms with Gasteiger partial charge in [0.1, 0.15) is 12.2 Å². The first kappa shape index (κ1) is 14.4. The molecule has 8 heteroatoms. The fourth-order valence-corrected chi connectivity index (χ4v) is 1.91. The number of benzene rings is 1. The Kier molecular flexibility index (Phi) is 4.33. The molecule has 0 N–H and O–H groups in total. The maximum absolute atomic E-state index is 12.3. The zero-order valence-electron chi connectivity index (χ0n) is 9.89. The molecule has 0 unspecified atom stereocenters. The third-order valence-electron chi connectivity index (χ3n) is 2.24. The molecule has 20 heavy (non-hydrogen) atoms. The molecule has 0 bridgehead atoms. The predicted octanol–water partition coefficient (Wildman–Crippen LogP) is 3.60. The average molecular weight is 303 g/mol. The van der Waals surface area contributed by atoms with Crippen molar-refractivity contribution in [2.45, 2.75) is 11.1 Å². The number of nitrogens with zero attached hydrogens (tertiary/aromatic N) is 1. The first-order valence-electron chi connectivity index (χ1n) is 5.34. The fourth-order valence-electron chi connectivity index (χ4n) is 1.28. The summed E-state index contributed by atoms with van der Waals surface area (Å²) in [5.74, 6) is -0.685. The Morgan fingerprint density at radius 1 is 1.25 bits per heavy atom. The van der Waals surface area contributed by atoms with E-state index in [4.69, 9.17) is 4.74 Å². The van der Waals surface area contributed by atoms with Crippen molar-refractivity contribution in [1.82, 2.24) is 5.16 Å². The van der Waals surface area contributed by atoms with E-state index in [1.165, 1.54) is 24.5 Å². The van der Waals surface area contributed by atoms with Crippen molar-refractivity contribution in [1.29, 1.82) is 0 Å². The van der Waals surface area contributed by atoms with Crippen LogP contribution in [0.1, 0.15) is 16.1 Å². The van der Waals surface area contributed by atoms with Gasteiger partial charge in [0.25, 0.3) is 0 Å². The summed E-state index contributed by atoms with van der Waals surface area (Å²) in [7, 11) is 0. The van der Waals surface area contributed by atoms with Crippen molar-refractivity contribution in [3.63, 3.8) is 0 Å². The Balaban J connectivity index is 1.84. The van der Waals surface area contributed by atoms with Crippen LogP contribution in [0.2, 0.25) is 0 Å². The molecule has 1 heterocycles. The van der Waals surface area contributed by atoms with Gasteiger partial charge in [-0.2, -0.15) is 13.2 Å². The highest BCUT2D eigenvalue weighted by Crippen LogP contribution is 2.30. The van der Waals surface area contributed by atoms with Crippen molar-refractivity contribution < 1.29 is 27.2 Å². The summed E-state index contributed by atoms with van der Waals surface area (Å²) >= 11 is 1.10. The van der Waals surface area contributed by atoms with Crippen LogP contribution in [0.25, 0.3) is 0 Å². The topological polar surface area (TPSA) is 52.3 Å². The van der Waals surface area contributed by atoms with E-state index in [9.17, 15) is 18.0 Å². The largest absolute Gasteiger partial charge is 0.449 e. The predicted molar refractivity (Wildman–Crippen MR) is 64.1 cm³/mol. The van der Waals surface area contributed by atoms with Gasteiger partial charge in [0.05, 0.1) is 5.56 Å². The summed E-state index contributed by atoms with van der Waals surface area (Å²) in [6.07, 6.45) is -3.12. The Morgan fingerprint density at radius 3 is 2.50 bits per heavy atom. The molecule has 0 atom stereocenters. The second-order valence-electron chi connectivity index (χ2n) is 3.60. The molecule has 0 aliphatic heterocycles. The molecule has 1 aromatic carbocycles. The van der Waals surface area contributed by atoms with Crippen molar-refractivity contribution in [3.8, 4) is 0 Å². The molecule has 0 saturated carbocycles. The van der Waals surface area contributed by atoms with Gasteiger partial charge in [-0.25, -0.2) is 4.79 Å². The highest BCUT2D eigenvalue weighted by Gasteiger charge is 2.29. The number of aromatic nitrogens is 1. The standard InChI is InChI=1S/C12H8F3NO3S/c13-12(14,15)8-1-3-9(4-2-8)20-7-18-11(17)10-5-6-19-16-10/h1-6H,7H2. The van der Waals surface area contributed by atoms with Crippen LogP contribution in [-0.2, 0) is 10.9 Å². The lowest BCUT2D eigenvalue weighted by Crippen LogP contribution is -2.05. The summed E-state index contributed by atoms with van der Waals surface area (Å²) < 4.78 is 46.4. The molecule has 0 fully saturated rings. The lowest BCUT2D eigenvalue weighted by atomic mass is 10.2. The van der Waals surface area contributed by atoms with Crippen molar-refractivity contribution in [2.24, 2.45) is 0 Å². The number of halogens is 3. The molecule has 0 aliphatic carbocycles. The second kappa shape index (κ2) is 6.00. The normalized spacial score (nSPS) is 11.3. The summed E-state index contributed by atoms with van der Waals surface area (Å²) in [6, 6.07) is 5.93. The zero-order valence-corrected chi connectivity index (χ0v) is 10.7. The van der Waals surface area contributed by atoms with Crippen LogP contribution in [-0.4, -0.2) is 17.1 Å². The van der Waals surface area contributed by atoms with Crippen LogP contribution in [0.3, 0.4) is 0 Å². The molecule has 2 aromatic rings. The highest BCUT2D eigenvalue weighted by molar-refractivity contribution is 7.99. The van der Waals surface area contributed by atoms with Gasteiger partial charge in [-0.1, -0.05) is 16.9 Å². The SMILES string of the molecule is O=C(OCSc1ccc(C(F)(F)F)cc1)c1ccon1. The monoisotopic (exact) mass is 303 g/mol. The van der Waals surface area contributed by atoms with Gasteiger partial charge in [0.2, 0.25) is 0 Å². The van der Waals surface area contributed by atoms with Gasteiger partial charge >= 0.3 is 12.1 Å². The molecule has 0 spiro atoms. The molecule has 0 radical (unpaired) electrons. The number of esters is 1. The van der Waals surface area contributed by atoms with E-state index in [0.717, 1.165) is 23.9 Å². The molecular weight excluding hydrogens is 295 g/mol. The third-order valence-corrected chi connectivity index (χ3v) is 3.09. The molecule has 0 amide bonds. The number of thioether (sulfide) groups is 1. The Morgan fingerprint density at radius 2 is 1.95 bits per heavy atom. The Labute approximate surface area is 115 Å². The first-order chi connectivity index (χ1) is 9.47. The lowest BCUT2D eigenvalue weighted by Gasteiger charge is -2.07. The Hall–Kier alpha value is -1.96. The van der Waals surface area contributed by atoms with Crippen LogP contribution in [0, 0.1) is 0 Å². The summed E-state index contributed by atoms with van der Waals surface area (Å²) in [4.78, 5) is 11.9. The van der Waals surface area contributed by atoms with E-state index in [1.807, 2.05) is 0 Å². The molecular formula is C12H8F3NO3S. The van der Waals surface area contributed by atoms with Crippen LogP contribution in [0.4, 0.5) is 13.2 Å². The van der Waals surface area contributed by atoms with E-state index in [-0.39, 0.29) is 11.6 Å². The fraction of sp³-hybridized carbons (Fsp3) is 0.167. The van der Waals surface area contributed by atoms with E-state index in [1.54, 1.807) is 0 Å². The maximum Gasteiger partial charge on any atom is 0.416 e. The number of carbonyl (C=O) groups excluding carboxylic acids is 1. The number of ether oxygens (including phenoxy) is 1. The number of carbonyl (C=O) groups is 1. The van der Waals surface area contributed by atoms with E-state index in [0.29, 0.717) is 4.90 Å². The number of hydrogen-bond donors (Lipinski definition) is 0. The number of alkyl halides is 3. The molecule has 2 rings (SSSR count). The molecule has 0 aliphatic rings. The van der Waals surface area contributed by atoms with E-state index >= 15 is 0 Å². The second-order valence-corrected chi connectivity index (χ2v) is 4.60. The van der Waals surface area contributed by atoms with E-state index in [2.05, 4.69) is 9.68 Å². The zero-order chi connectivity index (χ0) is 14.6. The van der Waals surface area contributed by atoms with Gasteiger partial charge in [0.15, 0.2) is 5.69 Å². The minimum Gasteiger partial charge on any atom is -0.449 e. The number of rotatable bonds is 4. The summed E-state index contributed by atoms with van der Waals surface area (Å²) in [5.41, 5.74) is -0.681. The highest BCUT2D eigenvalue weighted by atomic mass is 32.2. The minimum absolute atomic E-state index is 0.0307. The summed E-state index contributed by atoms with van der Waals surface area (Å²) in [6.45, 7) is 0. The smallest absolute Gasteiger partial charge is 0.416 e. The molecule has 0 saturated heterocycles. The van der Waals surface area contributed by atoms with Gasteiger partial charge in [0, 0.05) is 11.0 Å². The quantitative estimate of drug-likeness (QED) is 0.491. The number of hydrogen-bond acceptors (Lipinski definition) is 5. The van der Waals surface area contributed by atoms with Gasteiger partial charge in [-0.05, 0) is 24.3 Å². The molecule has 1 aromatic heterocycles. The van der Waals surface area contributed by atoms with Gasteiger partial charge in [-0.15, -0.1) is 0 Å². The van der Waals surface area contributed by atoms with Gasteiger partial charge < -0.3 is 9.26 Å². The van der Waals surface area contributed by atoms with Crippen molar-refractivity contribution >= 4 is 17.7 Å². The molecule has 4 nitrogen and oxygen atoms in total. The van der Waals surface area contributed by atoms with Crippen LogP contribution in [0.5, 0.6) is 0 Å². The van der Waals surface area contributed by atoms with Crippen LogP contribution in [0.15, 0.2) is 46.0 Å². The van der Waals surface area contributed by atoms with Crippen LogP contribution >= 0.6 is 11.8 Å². The minimum atomic E-state index is -4.36. The first-order valence-corrected chi connectivity index (χ1v) is 6.33. The lowest BCUT2D eigenvalue weighted by molar-refractivity contribution is -0.137. The molecule has 106 valence electrons. The average Bonchev–Trinajstić information content (AvgIpc) is 2.92. The van der Waals surface area contributed by atoms with Crippen LogP contribution < -0.4 is 0 Å². The Bertz CT molecular complexity index is 567. The van der Waals surface area contributed by atoms with Gasteiger partial charge in [-0.3, -0.25) is 0 Å². The summed E-state index contributed by atoms with van der Waals surface area (Å²) in [5, 5.41) is 3.40. The maximum atomic E-state index is 12.3. The van der Waals surface area contributed by atoms with Crippen molar-refractivity contribution in [3.05, 3.63) is 47.9 Å². The van der Waals surface area contributed by atoms with E-state index < -0.39 is 17.7 Å². The van der Waals surface area contributed by atoms with Crippen molar-refractivity contribution in [2.75, 3.05) is 5.94 Å².